The van der Waals surface area contributed by atoms with Gasteiger partial charge in [-0.2, -0.15) is 5.26 Å². The summed E-state index contributed by atoms with van der Waals surface area (Å²) in [5, 5.41) is 12.2. The summed E-state index contributed by atoms with van der Waals surface area (Å²) in [7, 11) is 1.35. The van der Waals surface area contributed by atoms with Gasteiger partial charge in [-0.3, -0.25) is 4.40 Å². The van der Waals surface area contributed by atoms with Crippen molar-refractivity contribution in [2.24, 2.45) is 0 Å². The molecule has 2 heterocycles. The molecule has 3 rings (SSSR count). The highest BCUT2D eigenvalue weighted by molar-refractivity contribution is 5.94. The topological polar surface area (TPSA) is 79.4 Å². The Bertz CT molecular complexity index is 908. The van der Waals surface area contributed by atoms with Crippen LogP contribution in [0.2, 0.25) is 0 Å². The fourth-order valence-corrected chi connectivity index (χ4v) is 2.39. The van der Waals surface area contributed by atoms with Crippen LogP contribution in [0.25, 0.3) is 5.65 Å². The molecule has 0 aliphatic rings. The molecule has 6 nitrogen and oxygen atoms in total. The van der Waals surface area contributed by atoms with Gasteiger partial charge >= 0.3 is 5.97 Å². The SMILES string of the molecule is COC(=O)c1c(NCc2cccc(C#N)c2)ccc2nccn12. The van der Waals surface area contributed by atoms with E-state index in [4.69, 9.17) is 10.00 Å². The van der Waals surface area contributed by atoms with E-state index >= 15 is 0 Å². The Labute approximate surface area is 133 Å². The van der Waals surface area contributed by atoms with Crippen LogP contribution in [0.3, 0.4) is 0 Å². The van der Waals surface area contributed by atoms with Crippen molar-refractivity contribution in [2.45, 2.75) is 6.54 Å². The summed E-state index contributed by atoms with van der Waals surface area (Å²) in [6.45, 7) is 0.486. The average Bonchev–Trinajstić information content (AvgIpc) is 3.07. The lowest BCUT2D eigenvalue weighted by molar-refractivity contribution is 0.0593. The van der Waals surface area contributed by atoms with Crippen LogP contribution in [-0.4, -0.2) is 22.5 Å². The maximum Gasteiger partial charge on any atom is 0.357 e. The Morgan fingerprint density at radius 2 is 2.26 bits per heavy atom. The lowest BCUT2D eigenvalue weighted by Crippen LogP contribution is -2.13. The Hall–Kier alpha value is -3.33. The van der Waals surface area contributed by atoms with Gasteiger partial charge in [0.2, 0.25) is 0 Å². The smallest absolute Gasteiger partial charge is 0.357 e. The summed E-state index contributed by atoms with van der Waals surface area (Å²) in [5.74, 6) is -0.443. The zero-order valence-corrected chi connectivity index (χ0v) is 12.5. The molecule has 0 aliphatic heterocycles. The fraction of sp³-hybridized carbons (Fsp3) is 0.118. The van der Waals surface area contributed by atoms with Crippen molar-refractivity contribution in [1.82, 2.24) is 9.38 Å². The summed E-state index contributed by atoms with van der Waals surface area (Å²) < 4.78 is 6.55. The zero-order valence-electron chi connectivity index (χ0n) is 12.5. The second-order valence-electron chi connectivity index (χ2n) is 4.91. The van der Waals surface area contributed by atoms with Crippen LogP contribution < -0.4 is 5.32 Å². The molecule has 0 fully saturated rings. The van der Waals surface area contributed by atoms with Crippen molar-refractivity contribution in [3.05, 3.63) is 65.6 Å². The molecule has 0 spiro atoms. The van der Waals surface area contributed by atoms with Crippen LogP contribution in [0.1, 0.15) is 21.6 Å². The molecule has 0 saturated carbocycles. The van der Waals surface area contributed by atoms with Crippen molar-refractivity contribution in [3.8, 4) is 6.07 Å². The average molecular weight is 306 g/mol. The third-order valence-electron chi connectivity index (χ3n) is 3.48. The maximum atomic E-state index is 12.1. The lowest BCUT2D eigenvalue weighted by atomic mass is 10.1. The van der Waals surface area contributed by atoms with E-state index in [0.29, 0.717) is 29.1 Å². The number of nitrogens with zero attached hydrogens (tertiary/aromatic N) is 3. The first kappa shape index (κ1) is 14.6. The van der Waals surface area contributed by atoms with E-state index in [2.05, 4.69) is 16.4 Å². The van der Waals surface area contributed by atoms with Gasteiger partial charge in [0.05, 0.1) is 24.4 Å². The van der Waals surface area contributed by atoms with Crippen molar-refractivity contribution in [3.63, 3.8) is 0 Å². The molecule has 23 heavy (non-hydrogen) atoms. The number of pyridine rings is 1. The minimum Gasteiger partial charge on any atom is -0.464 e. The van der Waals surface area contributed by atoms with E-state index in [0.717, 1.165) is 5.56 Å². The molecule has 0 radical (unpaired) electrons. The second kappa shape index (κ2) is 6.20. The van der Waals surface area contributed by atoms with Crippen molar-refractivity contribution >= 4 is 17.3 Å². The molecule has 0 saturated heterocycles. The molecule has 114 valence electrons. The number of fused-ring (bicyclic) bond motifs is 1. The highest BCUT2D eigenvalue weighted by Gasteiger charge is 2.16. The highest BCUT2D eigenvalue weighted by Crippen LogP contribution is 2.20. The summed E-state index contributed by atoms with van der Waals surface area (Å²) in [6.07, 6.45) is 3.34. The van der Waals surface area contributed by atoms with Gasteiger partial charge in [-0.1, -0.05) is 12.1 Å². The molecule has 0 amide bonds. The van der Waals surface area contributed by atoms with Crippen LogP contribution in [0.5, 0.6) is 0 Å². The van der Waals surface area contributed by atoms with E-state index in [1.54, 1.807) is 35.0 Å². The molecular formula is C17H14N4O2. The monoisotopic (exact) mass is 306 g/mol. The molecule has 6 heteroatoms. The van der Waals surface area contributed by atoms with E-state index in [9.17, 15) is 4.79 Å². The quantitative estimate of drug-likeness (QED) is 0.749. The van der Waals surface area contributed by atoms with Gasteiger partial charge in [0, 0.05) is 18.9 Å². The number of hydrogen-bond donors (Lipinski definition) is 1. The predicted octanol–water partition coefficient (Wildman–Crippen LogP) is 2.60. The Morgan fingerprint density at radius 3 is 3.04 bits per heavy atom. The minimum atomic E-state index is -0.443. The molecule has 2 aromatic heterocycles. The normalized spacial score (nSPS) is 10.3. The molecule has 1 N–H and O–H groups in total. The number of carbonyl (C=O) groups excluding carboxylic acids is 1. The van der Waals surface area contributed by atoms with Crippen LogP contribution in [0.4, 0.5) is 5.69 Å². The Balaban J connectivity index is 1.93. The van der Waals surface area contributed by atoms with E-state index < -0.39 is 5.97 Å². The number of nitrogens with one attached hydrogen (secondary N) is 1. The maximum absolute atomic E-state index is 12.1. The number of rotatable bonds is 4. The zero-order chi connectivity index (χ0) is 16.2. The number of hydrogen-bond acceptors (Lipinski definition) is 5. The van der Waals surface area contributed by atoms with E-state index in [1.165, 1.54) is 7.11 Å². The molecule has 0 unspecified atom stereocenters. The summed E-state index contributed by atoms with van der Waals surface area (Å²) in [6, 6.07) is 13.0. The van der Waals surface area contributed by atoms with Gasteiger partial charge in [0.1, 0.15) is 5.65 Å². The van der Waals surface area contributed by atoms with Crippen LogP contribution in [0, 0.1) is 11.3 Å². The molecule has 0 atom stereocenters. The van der Waals surface area contributed by atoms with E-state index in [-0.39, 0.29) is 0 Å². The third kappa shape index (κ3) is 2.85. The van der Waals surface area contributed by atoms with Crippen LogP contribution in [0.15, 0.2) is 48.8 Å². The Kier molecular flexibility index (Phi) is 3.93. The number of anilines is 1. The number of nitriles is 1. The van der Waals surface area contributed by atoms with Gasteiger partial charge in [-0.25, -0.2) is 9.78 Å². The van der Waals surface area contributed by atoms with Crippen LogP contribution >= 0.6 is 0 Å². The number of benzene rings is 1. The van der Waals surface area contributed by atoms with Crippen LogP contribution in [-0.2, 0) is 11.3 Å². The number of imidazole rings is 1. The molecule has 0 bridgehead atoms. The van der Waals surface area contributed by atoms with Gasteiger partial charge in [0.15, 0.2) is 5.69 Å². The summed E-state index contributed by atoms with van der Waals surface area (Å²) in [5.41, 5.74) is 3.25. The molecular weight excluding hydrogens is 292 g/mol. The largest absolute Gasteiger partial charge is 0.464 e. The first-order chi connectivity index (χ1) is 11.2. The van der Waals surface area contributed by atoms with E-state index in [1.807, 2.05) is 18.2 Å². The number of ether oxygens (including phenoxy) is 1. The first-order valence-electron chi connectivity index (χ1n) is 7.00. The van der Waals surface area contributed by atoms with Crippen molar-refractivity contribution in [1.29, 1.82) is 5.26 Å². The van der Waals surface area contributed by atoms with Crippen molar-refractivity contribution in [2.75, 3.05) is 12.4 Å². The second-order valence-corrected chi connectivity index (χ2v) is 4.91. The standard InChI is InChI=1S/C17H14N4O2/c1-23-17(22)16-14(5-6-15-19-7-8-21(15)16)20-11-13-4-2-3-12(9-13)10-18/h2-9,20H,11H2,1H3. The fourth-order valence-electron chi connectivity index (χ4n) is 2.39. The number of esters is 1. The molecule has 3 aromatic rings. The predicted molar refractivity (Wildman–Crippen MR) is 85.0 cm³/mol. The molecule has 1 aromatic carbocycles. The summed E-state index contributed by atoms with van der Waals surface area (Å²) >= 11 is 0. The number of carbonyl (C=O) groups is 1. The van der Waals surface area contributed by atoms with Crippen molar-refractivity contribution < 1.29 is 9.53 Å². The lowest BCUT2D eigenvalue weighted by Gasteiger charge is -2.12. The summed E-state index contributed by atoms with van der Waals surface area (Å²) in [4.78, 5) is 16.3. The van der Waals surface area contributed by atoms with Gasteiger partial charge < -0.3 is 10.1 Å². The number of methoxy groups -OCH3 is 1. The third-order valence-corrected chi connectivity index (χ3v) is 3.48. The van der Waals surface area contributed by atoms with Gasteiger partial charge in [-0.05, 0) is 29.8 Å². The highest BCUT2D eigenvalue weighted by atomic mass is 16.5. The Morgan fingerprint density at radius 1 is 1.39 bits per heavy atom. The number of aromatic nitrogens is 2. The first-order valence-corrected chi connectivity index (χ1v) is 7.00. The molecule has 0 aliphatic carbocycles. The minimum absolute atomic E-state index is 0.388. The van der Waals surface area contributed by atoms with Gasteiger partial charge in [0.25, 0.3) is 0 Å². The van der Waals surface area contributed by atoms with Gasteiger partial charge in [-0.15, -0.1) is 0 Å².